The first-order chi connectivity index (χ1) is 8.23. The monoisotopic (exact) mass is 295 g/mol. The Hall–Kier alpha value is -1.34. The molecule has 0 aromatic heterocycles. The third-order valence-corrected chi connectivity index (χ3v) is 4.45. The highest BCUT2D eigenvalue weighted by atomic mass is 35.5. The molecule has 18 heavy (non-hydrogen) atoms. The predicted octanol–water partition coefficient (Wildman–Crippen LogP) is 3.03. The smallest absolute Gasteiger partial charge is 0.232 e. The maximum Gasteiger partial charge on any atom is 0.416 e. The molecule has 2 rings (SSSR count). The summed E-state index contributed by atoms with van der Waals surface area (Å²) in [7, 11) is -3.97. The first kappa shape index (κ1) is 13.1. The molecule has 96 valence electrons. The zero-order valence-electron chi connectivity index (χ0n) is 8.57. The van der Waals surface area contributed by atoms with Crippen molar-refractivity contribution in [3.05, 3.63) is 41.6 Å². The predicted molar refractivity (Wildman–Crippen MR) is 61.6 cm³/mol. The Kier molecular flexibility index (Phi) is 2.98. The number of rotatable bonds is 1. The molecular weight excluding hydrogens is 291 g/mol. The lowest BCUT2D eigenvalue weighted by atomic mass is 10.1. The van der Waals surface area contributed by atoms with Crippen LogP contribution in [0.25, 0.3) is 4.91 Å². The van der Waals surface area contributed by atoms with Crippen LogP contribution in [-0.4, -0.2) is 12.9 Å². The summed E-state index contributed by atoms with van der Waals surface area (Å²) in [5, 5.41) is 0. The minimum absolute atomic E-state index is 0.0933. The van der Waals surface area contributed by atoms with Crippen molar-refractivity contribution in [3.8, 4) is 0 Å². The van der Waals surface area contributed by atoms with Crippen LogP contribution in [0.4, 0.5) is 13.2 Å². The van der Waals surface area contributed by atoms with E-state index >= 15 is 0 Å². The van der Waals surface area contributed by atoms with Crippen LogP contribution in [0.2, 0.25) is 0 Å². The molecule has 0 saturated heterocycles. The topological polar surface area (TPSA) is 46.5 Å². The summed E-state index contributed by atoms with van der Waals surface area (Å²) in [5.41, 5.74) is -1.02. The van der Waals surface area contributed by atoms with Gasteiger partial charge < -0.3 is 0 Å². The molecule has 0 fully saturated rings. The SMILES string of the molecule is O=S1(=O)C(c2cccc(C(F)(F)F)c2)=CN=C1Cl. The van der Waals surface area contributed by atoms with Crippen LogP contribution in [0.1, 0.15) is 11.1 Å². The second-order valence-corrected chi connectivity index (χ2v) is 5.87. The molecule has 1 aromatic rings. The van der Waals surface area contributed by atoms with Crippen LogP contribution >= 0.6 is 11.6 Å². The highest BCUT2D eigenvalue weighted by Gasteiger charge is 2.33. The summed E-state index contributed by atoms with van der Waals surface area (Å²) in [6.45, 7) is 0. The molecule has 0 aliphatic carbocycles. The summed E-state index contributed by atoms with van der Waals surface area (Å²) < 4.78 is 60.1. The standard InChI is InChI=1S/C10H5ClF3NO2S/c11-9-15-5-8(18(9,16)17)6-2-1-3-7(4-6)10(12,13)14/h1-5H. The number of halogens is 4. The Labute approximate surface area is 106 Å². The number of benzene rings is 1. The normalized spacial score (nSPS) is 18.4. The van der Waals surface area contributed by atoms with Gasteiger partial charge in [-0.1, -0.05) is 12.1 Å². The Bertz CT molecular complexity index is 662. The van der Waals surface area contributed by atoms with E-state index in [0.717, 1.165) is 24.4 Å². The van der Waals surface area contributed by atoms with Gasteiger partial charge >= 0.3 is 6.18 Å². The van der Waals surface area contributed by atoms with Crippen molar-refractivity contribution in [1.82, 2.24) is 0 Å². The van der Waals surface area contributed by atoms with Gasteiger partial charge in [0.2, 0.25) is 14.3 Å². The van der Waals surface area contributed by atoms with Crippen LogP contribution in [-0.2, 0) is 16.0 Å². The maximum absolute atomic E-state index is 12.5. The summed E-state index contributed by atoms with van der Waals surface area (Å²) in [4.78, 5) is 3.05. The number of aliphatic imine (C=N–C) groups is 1. The number of hydrogen-bond donors (Lipinski definition) is 0. The van der Waals surface area contributed by atoms with E-state index in [9.17, 15) is 21.6 Å². The summed E-state index contributed by atoms with van der Waals surface area (Å²) in [6, 6.07) is 3.98. The van der Waals surface area contributed by atoms with Gasteiger partial charge in [0, 0.05) is 6.20 Å². The summed E-state index contributed by atoms with van der Waals surface area (Å²) in [5.74, 6) is 0. The van der Waals surface area contributed by atoms with Gasteiger partial charge in [0.1, 0.15) is 0 Å². The molecular formula is C10H5ClF3NO2S. The maximum atomic E-state index is 12.5. The highest BCUT2D eigenvalue weighted by molar-refractivity contribution is 8.17. The van der Waals surface area contributed by atoms with Crippen LogP contribution in [0.3, 0.4) is 0 Å². The lowest BCUT2D eigenvalue weighted by Crippen LogP contribution is -2.08. The van der Waals surface area contributed by atoms with Gasteiger partial charge in [-0.15, -0.1) is 0 Å². The van der Waals surface area contributed by atoms with Gasteiger partial charge in [-0.2, -0.15) is 13.2 Å². The fraction of sp³-hybridized carbons (Fsp3) is 0.100. The van der Waals surface area contributed by atoms with Crippen LogP contribution in [0, 0.1) is 0 Å². The Morgan fingerprint density at radius 2 is 1.89 bits per heavy atom. The first-order valence-electron chi connectivity index (χ1n) is 4.59. The van der Waals surface area contributed by atoms with Crippen molar-refractivity contribution < 1.29 is 21.6 Å². The highest BCUT2D eigenvalue weighted by Crippen LogP contribution is 2.34. The molecule has 0 spiro atoms. The summed E-state index contributed by atoms with van der Waals surface area (Å²) in [6.07, 6.45) is -3.60. The van der Waals surface area contributed by atoms with Crippen LogP contribution in [0.5, 0.6) is 0 Å². The molecule has 3 nitrogen and oxygen atoms in total. The van der Waals surface area contributed by atoms with Gasteiger partial charge in [0.15, 0.2) is 0 Å². The lowest BCUT2D eigenvalue weighted by Gasteiger charge is -2.08. The molecule has 0 N–H and O–H groups in total. The van der Waals surface area contributed by atoms with Gasteiger partial charge in [-0.05, 0) is 29.3 Å². The van der Waals surface area contributed by atoms with Gasteiger partial charge in [0.25, 0.3) is 0 Å². The molecule has 1 aliphatic heterocycles. The van der Waals surface area contributed by atoms with E-state index in [2.05, 4.69) is 4.99 Å². The summed E-state index contributed by atoms with van der Waals surface area (Å²) >= 11 is 5.37. The number of alkyl halides is 3. The van der Waals surface area contributed by atoms with Crippen molar-refractivity contribution in [2.75, 3.05) is 0 Å². The first-order valence-corrected chi connectivity index (χ1v) is 6.45. The van der Waals surface area contributed by atoms with Crippen LogP contribution in [0.15, 0.2) is 35.5 Å². The molecule has 1 aromatic carbocycles. The number of sulfone groups is 1. The van der Waals surface area contributed by atoms with Crippen molar-refractivity contribution in [2.45, 2.75) is 6.18 Å². The van der Waals surface area contributed by atoms with E-state index in [4.69, 9.17) is 11.6 Å². The number of hydrogen-bond acceptors (Lipinski definition) is 3. The molecule has 0 bridgehead atoms. The number of nitrogens with zero attached hydrogens (tertiary/aromatic N) is 1. The van der Waals surface area contributed by atoms with E-state index in [1.807, 2.05) is 0 Å². The van der Waals surface area contributed by atoms with E-state index in [-0.39, 0.29) is 10.5 Å². The fourth-order valence-corrected chi connectivity index (χ4v) is 2.72. The minimum Gasteiger partial charge on any atom is -0.232 e. The van der Waals surface area contributed by atoms with E-state index in [0.29, 0.717) is 0 Å². The third-order valence-electron chi connectivity index (χ3n) is 2.27. The third kappa shape index (κ3) is 2.15. The Morgan fingerprint density at radius 3 is 2.39 bits per heavy atom. The van der Waals surface area contributed by atoms with Gasteiger partial charge in [-0.25, -0.2) is 13.4 Å². The van der Waals surface area contributed by atoms with E-state index in [1.54, 1.807) is 0 Å². The Balaban J connectivity index is 2.50. The molecule has 1 heterocycles. The zero-order valence-corrected chi connectivity index (χ0v) is 10.1. The van der Waals surface area contributed by atoms with Crippen LogP contribution < -0.4 is 0 Å². The van der Waals surface area contributed by atoms with Crippen molar-refractivity contribution in [3.63, 3.8) is 0 Å². The lowest BCUT2D eigenvalue weighted by molar-refractivity contribution is -0.137. The molecule has 0 amide bonds. The molecule has 0 unspecified atom stereocenters. The van der Waals surface area contributed by atoms with Crippen molar-refractivity contribution >= 4 is 30.8 Å². The van der Waals surface area contributed by atoms with Gasteiger partial charge in [-0.3, -0.25) is 0 Å². The zero-order chi connectivity index (χ0) is 13.6. The molecule has 0 radical (unpaired) electrons. The van der Waals surface area contributed by atoms with E-state index in [1.165, 1.54) is 6.07 Å². The average Bonchev–Trinajstić information content (AvgIpc) is 2.53. The Morgan fingerprint density at radius 1 is 1.22 bits per heavy atom. The largest absolute Gasteiger partial charge is 0.416 e. The second-order valence-electron chi connectivity index (χ2n) is 3.46. The van der Waals surface area contributed by atoms with Crippen molar-refractivity contribution in [1.29, 1.82) is 0 Å². The quantitative estimate of drug-likeness (QED) is 0.799. The molecule has 0 saturated carbocycles. The molecule has 8 heteroatoms. The van der Waals surface area contributed by atoms with E-state index < -0.39 is 26.1 Å². The molecule has 1 aliphatic rings. The fourth-order valence-electron chi connectivity index (χ4n) is 1.42. The van der Waals surface area contributed by atoms with Gasteiger partial charge in [0.05, 0.1) is 10.5 Å². The molecule has 0 atom stereocenters. The minimum atomic E-state index is -4.54. The van der Waals surface area contributed by atoms with Crippen molar-refractivity contribution in [2.24, 2.45) is 4.99 Å². The second kappa shape index (κ2) is 4.10. The average molecular weight is 296 g/mol.